The Bertz CT molecular complexity index is 721. The highest BCUT2D eigenvalue weighted by Gasteiger charge is 2.15. The van der Waals surface area contributed by atoms with Crippen molar-refractivity contribution < 1.29 is 13.7 Å². The van der Waals surface area contributed by atoms with E-state index in [2.05, 4.69) is 29.3 Å². The van der Waals surface area contributed by atoms with Gasteiger partial charge >= 0.3 is 0 Å². The predicted octanol–water partition coefficient (Wildman–Crippen LogP) is 3.03. The summed E-state index contributed by atoms with van der Waals surface area (Å²) in [4.78, 5) is 16.2. The van der Waals surface area contributed by atoms with Crippen molar-refractivity contribution in [2.75, 3.05) is 6.54 Å². The number of benzene rings is 1. The third-order valence-electron chi connectivity index (χ3n) is 3.87. The molecule has 0 radical (unpaired) electrons. The molecule has 6 nitrogen and oxygen atoms in total. The lowest BCUT2D eigenvalue weighted by atomic mass is 10.0. The molecule has 26 heavy (non-hydrogen) atoms. The highest BCUT2D eigenvalue weighted by atomic mass is 35.5. The van der Waals surface area contributed by atoms with Gasteiger partial charge in [-0.1, -0.05) is 31.1 Å². The Balaban J connectivity index is 0.00000338. The van der Waals surface area contributed by atoms with Crippen LogP contribution >= 0.6 is 12.4 Å². The largest absolute Gasteiger partial charge is 0.352 e. The van der Waals surface area contributed by atoms with Crippen molar-refractivity contribution in [1.82, 2.24) is 15.5 Å². The molecule has 0 bridgehead atoms. The summed E-state index contributed by atoms with van der Waals surface area (Å²) >= 11 is 0. The van der Waals surface area contributed by atoms with Crippen LogP contribution in [0.2, 0.25) is 0 Å². The molecular weight excluding hydrogens is 359 g/mol. The topological polar surface area (TPSA) is 94.0 Å². The normalized spacial score (nSPS) is 11.9. The van der Waals surface area contributed by atoms with Gasteiger partial charge in [0, 0.05) is 31.0 Å². The van der Waals surface area contributed by atoms with Gasteiger partial charge in [0.2, 0.25) is 17.6 Å². The number of carbonyl (C=O) groups excluding carboxylic acids is 1. The van der Waals surface area contributed by atoms with E-state index in [4.69, 9.17) is 10.3 Å². The Morgan fingerprint density at radius 1 is 1.38 bits per heavy atom. The highest BCUT2D eigenvalue weighted by Crippen LogP contribution is 2.19. The van der Waals surface area contributed by atoms with Crippen molar-refractivity contribution in [2.24, 2.45) is 11.7 Å². The number of hydrogen-bond acceptors (Lipinski definition) is 5. The summed E-state index contributed by atoms with van der Waals surface area (Å²) in [6.07, 6.45) is 1.40. The lowest BCUT2D eigenvalue weighted by Gasteiger charge is -2.18. The monoisotopic (exact) mass is 384 g/mol. The fourth-order valence-corrected chi connectivity index (χ4v) is 2.51. The molecule has 2 rings (SSSR count). The van der Waals surface area contributed by atoms with Crippen molar-refractivity contribution in [1.29, 1.82) is 0 Å². The molecular formula is C18H26ClFN4O2. The van der Waals surface area contributed by atoms with Crippen LogP contribution in [0.1, 0.15) is 38.1 Å². The molecule has 0 fully saturated rings. The van der Waals surface area contributed by atoms with Gasteiger partial charge in [0.25, 0.3) is 0 Å². The zero-order chi connectivity index (χ0) is 18.4. The smallest absolute Gasteiger partial charge is 0.227 e. The minimum atomic E-state index is -0.318. The van der Waals surface area contributed by atoms with E-state index < -0.39 is 0 Å². The standard InChI is InChI=1S/C18H25FN4O2.ClH/c1-11(2)8-14(10-20)21-16(24)6-7-17-22-18(23-25-17)13-5-4-12(3)15(19)9-13;/h4-5,9,11,14H,6-8,10,20H2,1-3H3,(H,21,24);1H. The molecule has 0 aliphatic heterocycles. The second kappa shape index (κ2) is 10.2. The number of aromatic nitrogens is 2. The first-order valence-corrected chi connectivity index (χ1v) is 8.47. The molecule has 1 aromatic heterocycles. The van der Waals surface area contributed by atoms with Gasteiger partial charge in [-0.2, -0.15) is 4.98 Å². The summed E-state index contributed by atoms with van der Waals surface area (Å²) < 4.78 is 18.8. The first kappa shape index (κ1) is 22.1. The third kappa shape index (κ3) is 6.38. The Morgan fingerprint density at radius 2 is 2.12 bits per heavy atom. The Hall–Kier alpha value is -1.99. The number of hydrogen-bond donors (Lipinski definition) is 2. The van der Waals surface area contributed by atoms with Crippen molar-refractivity contribution in [2.45, 2.75) is 46.1 Å². The number of nitrogens with one attached hydrogen (secondary N) is 1. The molecule has 0 spiro atoms. The molecule has 1 heterocycles. The van der Waals surface area contributed by atoms with E-state index in [9.17, 15) is 9.18 Å². The summed E-state index contributed by atoms with van der Waals surface area (Å²) in [5.41, 5.74) is 6.78. The molecule has 3 N–H and O–H groups in total. The summed E-state index contributed by atoms with van der Waals surface area (Å²) in [5, 5.41) is 6.76. The molecule has 0 saturated carbocycles. The van der Waals surface area contributed by atoms with Gasteiger partial charge in [0.1, 0.15) is 5.82 Å². The highest BCUT2D eigenvalue weighted by molar-refractivity contribution is 5.85. The molecule has 1 amide bonds. The average Bonchev–Trinajstić information content (AvgIpc) is 3.03. The van der Waals surface area contributed by atoms with Gasteiger partial charge in [0.05, 0.1) is 0 Å². The van der Waals surface area contributed by atoms with Crippen molar-refractivity contribution in [3.63, 3.8) is 0 Å². The van der Waals surface area contributed by atoms with Crippen LogP contribution in [-0.4, -0.2) is 28.6 Å². The number of carbonyl (C=O) groups is 1. The summed E-state index contributed by atoms with van der Waals surface area (Å²) in [5.74, 6) is 0.703. The molecule has 0 aliphatic rings. The minimum Gasteiger partial charge on any atom is -0.352 e. The molecule has 1 unspecified atom stereocenters. The molecule has 1 atom stereocenters. The number of rotatable bonds is 8. The first-order valence-electron chi connectivity index (χ1n) is 8.47. The summed E-state index contributed by atoms with van der Waals surface area (Å²) in [6.45, 7) is 6.27. The third-order valence-corrected chi connectivity index (χ3v) is 3.87. The first-order chi connectivity index (χ1) is 11.9. The fourth-order valence-electron chi connectivity index (χ4n) is 2.51. The van der Waals surface area contributed by atoms with E-state index in [1.54, 1.807) is 19.1 Å². The summed E-state index contributed by atoms with van der Waals surface area (Å²) in [7, 11) is 0. The maximum atomic E-state index is 13.6. The SMILES string of the molecule is Cc1ccc(-c2noc(CCC(=O)NC(CN)CC(C)C)n2)cc1F.Cl. The molecule has 2 aromatic rings. The van der Waals surface area contributed by atoms with E-state index >= 15 is 0 Å². The van der Waals surface area contributed by atoms with Crippen LogP contribution in [0.25, 0.3) is 11.4 Å². The van der Waals surface area contributed by atoms with Gasteiger partial charge in [0.15, 0.2) is 0 Å². The van der Waals surface area contributed by atoms with Gasteiger partial charge in [-0.05, 0) is 30.9 Å². The molecule has 0 aliphatic carbocycles. The summed E-state index contributed by atoms with van der Waals surface area (Å²) in [6, 6.07) is 4.74. The van der Waals surface area contributed by atoms with E-state index in [1.807, 2.05) is 0 Å². The van der Waals surface area contributed by atoms with Crippen molar-refractivity contribution >= 4 is 18.3 Å². The molecule has 0 saturated heterocycles. The number of aryl methyl sites for hydroxylation is 2. The van der Waals surface area contributed by atoms with Crippen molar-refractivity contribution in [3.05, 3.63) is 35.5 Å². The Labute approximate surface area is 159 Å². The van der Waals surface area contributed by atoms with Gasteiger partial charge in [-0.25, -0.2) is 4.39 Å². The number of amides is 1. The van der Waals surface area contributed by atoms with Gasteiger partial charge in [-0.3, -0.25) is 4.79 Å². The van der Waals surface area contributed by atoms with Gasteiger partial charge in [-0.15, -0.1) is 12.4 Å². The van der Waals surface area contributed by atoms with Crippen LogP contribution in [0.3, 0.4) is 0 Å². The number of halogens is 2. The fraction of sp³-hybridized carbons (Fsp3) is 0.500. The Morgan fingerprint density at radius 3 is 2.73 bits per heavy atom. The maximum absolute atomic E-state index is 13.6. The molecule has 144 valence electrons. The minimum absolute atomic E-state index is 0. The quantitative estimate of drug-likeness (QED) is 0.729. The average molecular weight is 385 g/mol. The maximum Gasteiger partial charge on any atom is 0.227 e. The van der Waals surface area contributed by atoms with E-state index in [1.165, 1.54) is 6.07 Å². The Kier molecular flexibility index (Phi) is 8.68. The number of nitrogens with two attached hydrogens (primary N) is 1. The van der Waals surface area contributed by atoms with Crippen LogP contribution in [0.15, 0.2) is 22.7 Å². The zero-order valence-electron chi connectivity index (χ0n) is 15.3. The zero-order valence-corrected chi connectivity index (χ0v) is 16.1. The second-order valence-electron chi connectivity index (χ2n) is 6.61. The van der Waals surface area contributed by atoms with Crippen LogP contribution < -0.4 is 11.1 Å². The van der Waals surface area contributed by atoms with Crippen LogP contribution in [0.5, 0.6) is 0 Å². The van der Waals surface area contributed by atoms with Crippen LogP contribution in [0, 0.1) is 18.7 Å². The van der Waals surface area contributed by atoms with E-state index in [0.29, 0.717) is 41.7 Å². The van der Waals surface area contributed by atoms with E-state index in [0.717, 1.165) is 6.42 Å². The number of nitrogens with zero attached hydrogens (tertiary/aromatic N) is 2. The van der Waals surface area contributed by atoms with Crippen molar-refractivity contribution in [3.8, 4) is 11.4 Å². The van der Waals surface area contributed by atoms with Crippen LogP contribution in [-0.2, 0) is 11.2 Å². The lowest BCUT2D eigenvalue weighted by Crippen LogP contribution is -2.41. The lowest BCUT2D eigenvalue weighted by molar-refractivity contribution is -0.121. The van der Waals surface area contributed by atoms with E-state index in [-0.39, 0.29) is 36.6 Å². The predicted molar refractivity (Wildman–Crippen MR) is 100 cm³/mol. The molecule has 8 heteroatoms. The molecule has 1 aromatic carbocycles. The second-order valence-corrected chi connectivity index (χ2v) is 6.61. The van der Waals surface area contributed by atoms with Gasteiger partial charge < -0.3 is 15.6 Å². The van der Waals surface area contributed by atoms with Crippen LogP contribution in [0.4, 0.5) is 4.39 Å².